The Labute approximate surface area is 107 Å². The Morgan fingerprint density at radius 1 is 1.50 bits per heavy atom. The lowest BCUT2D eigenvalue weighted by molar-refractivity contribution is 0.631. The highest BCUT2D eigenvalue weighted by Crippen LogP contribution is 2.22. The first-order valence-electron chi connectivity index (χ1n) is 6.57. The Balaban J connectivity index is 2.07. The average molecular weight is 245 g/mol. The van der Waals surface area contributed by atoms with Gasteiger partial charge in [0.2, 0.25) is 0 Å². The number of aryl methyl sites for hydroxylation is 1. The number of fused-ring (bicyclic) bond motifs is 1. The zero-order valence-electron chi connectivity index (χ0n) is 10.9. The molecule has 2 aromatic heterocycles. The lowest BCUT2D eigenvalue weighted by atomic mass is 10.2. The molecule has 18 heavy (non-hydrogen) atoms. The van der Waals surface area contributed by atoms with Crippen LogP contribution in [0.3, 0.4) is 0 Å². The molecule has 0 aromatic carbocycles. The lowest BCUT2D eigenvalue weighted by Gasteiger charge is -2.29. The van der Waals surface area contributed by atoms with Crippen molar-refractivity contribution in [3.05, 3.63) is 24.0 Å². The number of aromatic nitrogens is 3. The van der Waals surface area contributed by atoms with Gasteiger partial charge in [-0.2, -0.15) is 9.61 Å². The molecule has 0 amide bonds. The van der Waals surface area contributed by atoms with Crippen molar-refractivity contribution in [2.45, 2.75) is 26.3 Å². The summed E-state index contributed by atoms with van der Waals surface area (Å²) in [6, 6.07) is 4.82. The van der Waals surface area contributed by atoms with Crippen LogP contribution < -0.4 is 10.2 Å². The van der Waals surface area contributed by atoms with Crippen molar-refractivity contribution >= 4 is 11.5 Å². The fraction of sp³-hybridized carbons (Fsp3) is 0.538. The normalized spacial score (nSPS) is 19.6. The summed E-state index contributed by atoms with van der Waals surface area (Å²) in [5.41, 5.74) is 2.16. The van der Waals surface area contributed by atoms with Gasteiger partial charge in [0.1, 0.15) is 12.1 Å². The molecule has 1 aliphatic heterocycles. The second kappa shape index (κ2) is 4.57. The number of nitrogens with one attached hydrogen (secondary N) is 1. The summed E-state index contributed by atoms with van der Waals surface area (Å²) in [5.74, 6) is 1.15. The topological polar surface area (TPSA) is 45.5 Å². The molecule has 5 nitrogen and oxygen atoms in total. The largest absolute Gasteiger partial charge is 0.352 e. The van der Waals surface area contributed by atoms with Crippen molar-refractivity contribution < 1.29 is 0 Å². The van der Waals surface area contributed by atoms with Crippen LogP contribution in [0.1, 0.15) is 18.9 Å². The average Bonchev–Trinajstić information content (AvgIpc) is 2.99. The van der Waals surface area contributed by atoms with Crippen molar-refractivity contribution in [2.75, 3.05) is 24.5 Å². The van der Waals surface area contributed by atoms with E-state index in [1.807, 2.05) is 4.52 Å². The molecular formula is C13H19N5. The molecule has 0 saturated carbocycles. The molecule has 96 valence electrons. The van der Waals surface area contributed by atoms with Gasteiger partial charge in [-0.15, -0.1) is 0 Å². The van der Waals surface area contributed by atoms with Gasteiger partial charge in [0.25, 0.3) is 0 Å². The van der Waals surface area contributed by atoms with Crippen LogP contribution in [-0.4, -0.2) is 40.3 Å². The smallest absolute Gasteiger partial charge is 0.157 e. The quantitative estimate of drug-likeness (QED) is 0.883. The van der Waals surface area contributed by atoms with Gasteiger partial charge in [-0.1, -0.05) is 0 Å². The Hall–Kier alpha value is -1.62. The van der Waals surface area contributed by atoms with Crippen molar-refractivity contribution in [3.8, 4) is 0 Å². The maximum absolute atomic E-state index is 4.34. The molecule has 0 spiro atoms. The van der Waals surface area contributed by atoms with Gasteiger partial charge >= 0.3 is 0 Å². The van der Waals surface area contributed by atoms with E-state index in [0.717, 1.165) is 31.1 Å². The molecular weight excluding hydrogens is 226 g/mol. The SMILES string of the molecule is CCN(c1cc(C)cc2ncnn12)C1CCNC1. The van der Waals surface area contributed by atoms with Crippen molar-refractivity contribution in [1.82, 2.24) is 19.9 Å². The van der Waals surface area contributed by atoms with E-state index >= 15 is 0 Å². The summed E-state index contributed by atoms with van der Waals surface area (Å²) in [6.07, 6.45) is 2.82. The third-order valence-corrected chi connectivity index (χ3v) is 3.61. The molecule has 1 fully saturated rings. The van der Waals surface area contributed by atoms with Gasteiger partial charge in [0.15, 0.2) is 5.65 Å². The third-order valence-electron chi connectivity index (χ3n) is 3.61. The van der Waals surface area contributed by atoms with E-state index in [9.17, 15) is 0 Å². The van der Waals surface area contributed by atoms with Gasteiger partial charge in [0, 0.05) is 19.1 Å². The lowest BCUT2D eigenvalue weighted by Crippen LogP contribution is -2.38. The molecule has 3 heterocycles. The van der Waals surface area contributed by atoms with Gasteiger partial charge in [-0.3, -0.25) is 0 Å². The predicted molar refractivity (Wildman–Crippen MR) is 72.0 cm³/mol. The van der Waals surface area contributed by atoms with E-state index in [4.69, 9.17) is 0 Å². The standard InChI is InChI=1S/C13H19N5/c1-3-17(11-4-5-14-8-11)13-7-10(2)6-12-15-9-16-18(12)13/h6-7,9,11,14H,3-5,8H2,1-2H3. The third kappa shape index (κ3) is 1.84. The van der Waals surface area contributed by atoms with E-state index in [1.165, 1.54) is 12.0 Å². The molecule has 1 saturated heterocycles. The maximum atomic E-state index is 4.34. The molecule has 1 atom stereocenters. The van der Waals surface area contributed by atoms with Gasteiger partial charge in [-0.05, 0) is 44.5 Å². The van der Waals surface area contributed by atoms with Crippen LogP contribution in [0, 0.1) is 6.92 Å². The van der Waals surface area contributed by atoms with Crippen LogP contribution in [0.4, 0.5) is 5.82 Å². The minimum atomic E-state index is 0.559. The first kappa shape index (κ1) is 11.5. The van der Waals surface area contributed by atoms with E-state index in [-0.39, 0.29) is 0 Å². The maximum Gasteiger partial charge on any atom is 0.157 e. The zero-order chi connectivity index (χ0) is 12.5. The fourth-order valence-corrected chi connectivity index (χ4v) is 2.75. The monoisotopic (exact) mass is 245 g/mol. The highest BCUT2D eigenvalue weighted by atomic mass is 15.4. The molecule has 0 radical (unpaired) electrons. The Kier molecular flexibility index (Phi) is 2.91. The molecule has 2 aromatic rings. The molecule has 1 unspecified atom stereocenters. The summed E-state index contributed by atoms with van der Waals surface area (Å²) < 4.78 is 1.94. The van der Waals surface area contributed by atoms with Gasteiger partial charge < -0.3 is 10.2 Å². The van der Waals surface area contributed by atoms with Gasteiger partial charge in [0.05, 0.1) is 0 Å². The summed E-state index contributed by atoms with van der Waals surface area (Å²) >= 11 is 0. The van der Waals surface area contributed by atoms with Crippen molar-refractivity contribution in [2.24, 2.45) is 0 Å². The van der Waals surface area contributed by atoms with Crippen LogP contribution in [0.5, 0.6) is 0 Å². The molecule has 3 rings (SSSR count). The number of hydrogen-bond donors (Lipinski definition) is 1. The first-order chi connectivity index (χ1) is 8.79. The Morgan fingerprint density at radius 2 is 2.39 bits per heavy atom. The van der Waals surface area contributed by atoms with E-state index < -0.39 is 0 Å². The summed E-state index contributed by atoms with van der Waals surface area (Å²) in [7, 11) is 0. The molecule has 5 heteroatoms. The Morgan fingerprint density at radius 3 is 3.11 bits per heavy atom. The summed E-state index contributed by atoms with van der Waals surface area (Å²) in [5, 5.41) is 7.77. The van der Waals surface area contributed by atoms with Crippen molar-refractivity contribution in [3.63, 3.8) is 0 Å². The number of anilines is 1. The minimum absolute atomic E-state index is 0.559. The van der Waals surface area contributed by atoms with Crippen molar-refractivity contribution in [1.29, 1.82) is 0 Å². The summed E-state index contributed by atoms with van der Waals surface area (Å²) in [4.78, 5) is 6.72. The van der Waals surface area contributed by atoms with Crippen LogP contribution in [-0.2, 0) is 0 Å². The molecule has 1 N–H and O–H groups in total. The number of likely N-dealkylation sites (N-methyl/N-ethyl adjacent to an activating group) is 1. The van der Waals surface area contributed by atoms with Crippen LogP contribution in [0.15, 0.2) is 18.5 Å². The van der Waals surface area contributed by atoms with Crippen LogP contribution in [0.25, 0.3) is 5.65 Å². The number of hydrogen-bond acceptors (Lipinski definition) is 4. The number of rotatable bonds is 3. The van der Waals surface area contributed by atoms with Gasteiger partial charge in [-0.25, -0.2) is 4.98 Å². The predicted octanol–water partition coefficient (Wildman–Crippen LogP) is 1.23. The van der Waals surface area contributed by atoms with E-state index in [2.05, 4.69) is 46.3 Å². The fourth-order valence-electron chi connectivity index (χ4n) is 2.75. The number of pyridine rings is 1. The zero-order valence-corrected chi connectivity index (χ0v) is 10.9. The second-order valence-electron chi connectivity index (χ2n) is 4.85. The van der Waals surface area contributed by atoms with E-state index in [1.54, 1.807) is 6.33 Å². The Bertz CT molecular complexity index is 541. The molecule has 0 aliphatic carbocycles. The highest BCUT2D eigenvalue weighted by Gasteiger charge is 2.23. The molecule has 1 aliphatic rings. The first-order valence-corrected chi connectivity index (χ1v) is 6.57. The van der Waals surface area contributed by atoms with Crippen LogP contribution in [0.2, 0.25) is 0 Å². The highest BCUT2D eigenvalue weighted by molar-refractivity contribution is 5.53. The van der Waals surface area contributed by atoms with Crippen LogP contribution >= 0.6 is 0 Å². The number of nitrogens with zero attached hydrogens (tertiary/aromatic N) is 4. The molecule has 0 bridgehead atoms. The summed E-state index contributed by atoms with van der Waals surface area (Å²) in [6.45, 7) is 7.46. The second-order valence-corrected chi connectivity index (χ2v) is 4.85. The minimum Gasteiger partial charge on any atom is -0.352 e. The van der Waals surface area contributed by atoms with E-state index in [0.29, 0.717) is 6.04 Å².